The Balaban J connectivity index is 1.32. The zero-order valence-corrected chi connectivity index (χ0v) is 27.7. The Bertz CT molecular complexity index is 1910. The van der Waals surface area contributed by atoms with Crippen molar-refractivity contribution in [1.82, 2.24) is 34.9 Å². The van der Waals surface area contributed by atoms with Crippen LogP contribution in [-0.2, 0) is 16.1 Å². The number of benzene rings is 1. The van der Waals surface area contributed by atoms with E-state index in [1.54, 1.807) is 38.4 Å². The summed E-state index contributed by atoms with van der Waals surface area (Å²) in [5, 5.41) is 10.4. The van der Waals surface area contributed by atoms with Gasteiger partial charge in [0.2, 0.25) is 11.8 Å². The van der Waals surface area contributed by atoms with E-state index in [0.717, 1.165) is 16.7 Å². The van der Waals surface area contributed by atoms with Crippen LogP contribution in [0.3, 0.4) is 0 Å². The van der Waals surface area contributed by atoms with Gasteiger partial charge in [-0.1, -0.05) is 6.07 Å². The van der Waals surface area contributed by atoms with Gasteiger partial charge in [-0.2, -0.15) is 18.3 Å². The minimum atomic E-state index is -4.39. The number of hydrogen-bond acceptors (Lipinski definition) is 8. The minimum Gasteiger partial charge on any atom is -0.325 e. The molecule has 1 aliphatic carbocycles. The summed E-state index contributed by atoms with van der Waals surface area (Å²) in [6.07, 6.45) is -0.359. The van der Waals surface area contributed by atoms with E-state index in [4.69, 9.17) is 0 Å². The van der Waals surface area contributed by atoms with Crippen LogP contribution in [0.2, 0.25) is 0 Å². The van der Waals surface area contributed by atoms with Crippen molar-refractivity contribution in [3.63, 3.8) is 0 Å². The Kier molecular flexibility index (Phi) is 8.41. The molecule has 0 radical (unpaired) electrons. The van der Waals surface area contributed by atoms with Crippen LogP contribution in [0, 0.1) is 26.2 Å². The minimum absolute atomic E-state index is 0.00267. The molecule has 2 fully saturated rings. The van der Waals surface area contributed by atoms with Gasteiger partial charge in [0.1, 0.15) is 34.5 Å². The number of pyridine rings is 1. The van der Waals surface area contributed by atoms with Gasteiger partial charge in [-0.3, -0.25) is 19.1 Å². The summed E-state index contributed by atoms with van der Waals surface area (Å²) < 4.78 is 40.8. The van der Waals surface area contributed by atoms with Crippen LogP contribution >= 0.6 is 15.9 Å². The number of aryl methyl sites for hydroxylation is 3. The molecule has 0 bridgehead atoms. The monoisotopic (exact) mass is 712 g/mol. The highest BCUT2D eigenvalue weighted by Gasteiger charge is 2.67. The molecule has 1 saturated carbocycles. The number of nitrogens with one attached hydrogen (secondary N) is 2. The van der Waals surface area contributed by atoms with Crippen molar-refractivity contribution in [1.29, 1.82) is 0 Å². The zero-order chi connectivity index (χ0) is 33.8. The zero-order valence-electron chi connectivity index (χ0n) is 26.1. The fourth-order valence-corrected chi connectivity index (χ4v) is 6.88. The second kappa shape index (κ2) is 12.1. The fraction of sp³-hybridized carbons (Fsp3) is 0.406. The van der Waals surface area contributed by atoms with Gasteiger partial charge < -0.3 is 15.5 Å². The predicted octanol–water partition coefficient (Wildman–Crippen LogP) is 4.93. The summed E-state index contributed by atoms with van der Waals surface area (Å²) in [7, 11) is 0. The maximum absolute atomic E-state index is 14.1. The van der Waals surface area contributed by atoms with Crippen LogP contribution in [0.4, 0.5) is 19.0 Å². The smallest absolute Gasteiger partial charge is 0.325 e. The topological polar surface area (TPSA) is 135 Å². The second-order valence-electron chi connectivity index (χ2n) is 12.4. The van der Waals surface area contributed by atoms with E-state index < -0.39 is 42.0 Å². The molecule has 0 spiro atoms. The van der Waals surface area contributed by atoms with Crippen LogP contribution < -0.4 is 10.6 Å². The van der Waals surface area contributed by atoms with Gasteiger partial charge in [0, 0.05) is 48.3 Å². The number of carbonyl (C=O) groups excluding carboxylic acids is 3. The number of alkyl halides is 3. The molecular weight excluding hydrogens is 681 g/mol. The van der Waals surface area contributed by atoms with Gasteiger partial charge >= 0.3 is 6.18 Å². The Morgan fingerprint density at radius 1 is 1.04 bits per heavy atom. The van der Waals surface area contributed by atoms with Crippen LogP contribution in [0.5, 0.6) is 0 Å². The van der Waals surface area contributed by atoms with Crippen molar-refractivity contribution in [2.45, 2.75) is 65.3 Å². The lowest BCUT2D eigenvalue weighted by molar-refractivity contribution is -0.138. The Hall–Kier alpha value is -4.24. The summed E-state index contributed by atoms with van der Waals surface area (Å²) in [4.78, 5) is 54.9. The third-order valence-corrected chi connectivity index (χ3v) is 9.32. The SMILES string of the molecule is CC(=O)c1nn(CC(=O)N2[C@H](C(=O)Nc3nc(Br)ccc3C)C[C@@]3(CNCC(F)(F)F)C[C@@H]23)c2c(C)cc(-c3cnc(C)nc3)cc12. The number of piperidine rings is 1. The number of rotatable bonds is 9. The number of ketones is 1. The number of hydrogen-bond donors (Lipinski definition) is 2. The van der Waals surface area contributed by atoms with E-state index >= 15 is 0 Å². The van der Waals surface area contributed by atoms with Crippen molar-refractivity contribution in [3.05, 3.63) is 63.9 Å². The van der Waals surface area contributed by atoms with E-state index in [1.807, 2.05) is 19.1 Å². The molecule has 246 valence electrons. The molecule has 2 amide bonds. The highest BCUT2D eigenvalue weighted by Crippen LogP contribution is 2.59. The first-order valence-corrected chi connectivity index (χ1v) is 15.8. The quantitative estimate of drug-likeness (QED) is 0.184. The Labute approximate surface area is 276 Å². The summed E-state index contributed by atoms with van der Waals surface area (Å²) in [5.41, 5.74) is 3.10. The molecule has 1 saturated heterocycles. The number of amides is 2. The van der Waals surface area contributed by atoms with Crippen LogP contribution in [-0.4, -0.2) is 78.6 Å². The molecule has 3 atom stereocenters. The van der Waals surface area contributed by atoms with Crippen molar-refractivity contribution >= 4 is 50.2 Å². The van der Waals surface area contributed by atoms with Crippen LogP contribution in [0.1, 0.15) is 47.2 Å². The third-order valence-electron chi connectivity index (χ3n) is 8.88. The highest BCUT2D eigenvalue weighted by atomic mass is 79.9. The van der Waals surface area contributed by atoms with Crippen LogP contribution in [0.25, 0.3) is 22.0 Å². The van der Waals surface area contributed by atoms with Gasteiger partial charge in [0.05, 0.1) is 12.1 Å². The van der Waals surface area contributed by atoms with E-state index in [0.29, 0.717) is 39.1 Å². The Morgan fingerprint density at radius 3 is 2.45 bits per heavy atom. The molecule has 0 unspecified atom stereocenters. The first-order valence-electron chi connectivity index (χ1n) is 15.0. The lowest BCUT2D eigenvalue weighted by Gasteiger charge is -2.27. The number of halogens is 4. The van der Waals surface area contributed by atoms with Crippen molar-refractivity contribution in [2.24, 2.45) is 5.41 Å². The molecule has 4 aromatic rings. The first kappa shape index (κ1) is 32.7. The van der Waals surface area contributed by atoms with E-state index in [2.05, 4.69) is 46.6 Å². The number of aromatic nitrogens is 5. The normalized spacial score (nSPS) is 20.4. The molecular formula is C32H32BrF3N8O3. The number of carbonyl (C=O) groups is 3. The molecule has 1 aromatic carbocycles. The lowest BCUT2D eigenvalue weighted by atomic mass is 9.99. The summed E-state index contributed by atoms with van der Waals surface area (Å²) in [6.45, 7) is 5.37. The van der Waals surface area contributed by atoms with Crippen LogP contribution in [0.15, 0.2) is 41.3 Å². The molecule has 4 heterocycles. The van der Waals surface area contributed by atoms with Crippen molar-refractivity contribution < 1.29 is 27.6 Å². The fourth-order valence-electron chi connectivity index (χ4n) is 6.57. The Morgan fingerprint density at radius 2 is 1.77 bits per heavy atom. The summed E-state index contributed by atoms with van der Waals surface area (Å²) >= 11 is 3.30. The maximum Gasteiger partial charge on any atom is 0.401 e. The van der Waals surface area contributed by atoms with Gasteiger partial charge in [-0.25, -0.2) is 15.0 Å². The molecule has 2 aliphatic rings. The number of Topliss-reactive ketones (excluding diaryl/α,β-unsaturated/α-hetero) is 1. The highest BCUT2D eigenvalue weighted by molar-refractivity contribution is 9.10. The largest absolute Gasteiger partial charge is 0.401 e. The number of nitrogens with zero attached hydrogens (tertiary/aromatic N) is 6. The van der Waals surface area contributed by atoms with Crippen molar-refractivity contribution in [2.75, 3.05) is 18.4 Å². The van der Waals surface area contributed by atoms with Gasteiger partial charge in [-0.15, -0.1) is 0 Å². The summed E-state index contributed by atoms with van der Waals surface area (Å²) in [6, 6.07) is 5.85. The average Bonchev–Trinajstić information content (AvgIpc) is 3.39. The third kappa shape index (κ3) is 6.50. The van der Waals surface area contributed by atoms with Gasteiger partial charge in [0.15, 0.2) is 5.78 Å². The van der Waals surface area contributed by atoms with E-state index in [1.165, 1.54) is 16.5 Å². The van der Waals surface area contributed by atoms with Crippen molar-refractivity contribution in [3.8, 4) is 11.1 Å². The molecule has 6 rings (SSSR count). The summed E-state index contributed by atoms with van der Waals surface area (Å²) in [5.74, 6) is -0.263. The standard InChI is InChI=1S/C32H32BrF3N8O3/c1-16-5-6-25(33)40-29(16)41-30(47)23-9-31(14-37-15-32(34,35)36)10-24(31)44(23)26(46)13-43-28-17(2)7-20(21-11-38-19(4)39-12-21)8-22(28)27(42-43)18(3)45/h5-8,11-12,23-24,37H,9-10,13-15H2,1-4H3,(H,40,41,47)/t23-,24+,31-/m0/s1. The molecule has 11 nitrogen and oxygen atoms in total. The molecule has 3 aromatic heterocycles. The van der Waals surface area contributed by atoms with E-state index in [9.17, 15) is 27.6 Å². The number of fused-ring (bicyclic) bond motifs is 2. The van der Waals surface area contributed by atoms with Gasteiger partial charge in [0.25, 0.3) is 0 Å². The molecule has 1 aliphatic heterocycles. The number of likely N-dealkylation sites (tertiary alicyclic amines) is 1. The number of anilines is 1. The predicted molar refractivity (Wildman–Crippen MR) is 171 cm³/mol. The van der Waals surface area contributed by atoms with Gasteiger partial charge in [-0.05, 0) is 84.4 Å². The second-order valence-corrected chi connectivity index (χ2v) is 13.2. The first-order chi connectivity index (χ1) is 22.2. The molecule has 47 heavy (non-hydrogen) atoms. The molecule has 2 N–H and O–H groups in total. The average molecular weight is 714 g/mol. The molecule has 15 heteroatoms. The lowest BCUT2D eigenvalue weighted by Crippen LogP contribution is -2.47. The maximum atomic E-state index is 14.1. The van der Waals surface area contributed by atoms with E-state index in [-0.39, 0.29) is 31.0 Å².